The van der Waals surface area contributed by atoms with E-state index in [0.717, 1.165) is 6.04 Å². The lowest BCUT2D eigenvalue weighted by Gasteiger charge is -2.13. The lowest BCUT2D eigenvalue weighted by atomic mass is 10.3. The smallest absolute Gasteiger partial charge is 0.0327 e. The number of nitrogens with zero attached hydrogens (tertiary/aromatic N) is 1. The Morgan fingerprint density at radius 1 is 1.75 bits per heavy atom. The summed E-state index contributed by atoms with van der Waals surface area (Å²) in [5.41, 5.74) is 0. The zero-order valence-electron chi connectivity index (χ0n) is 5.02. The summed E-state index contributed by atoms with van der Waals surface area (Å²) in [4.78, 5) is 0. The quantitative estimate of drug-likeness (QED) is 0.521. The standard InChI is InChI=1S/C5H11IN2/c1-8(6)5-2-3-7-4-5/h5,7H,2-4H2,1H3. The molecule has 0 amide bonds. The molecule has 0 spiro atoms. The van der Waals surface area contributed by atoms with E-state index >= 15 is 0 Å². The van der Waals surface area contributed by atoms with Crippen LogP contribution >= 0.6 is 22.9 Å². The van der Waals surface area contributed by atoms with E-state index in [1.807, 2.05) is 0 Å². The molecule has 1 heterocycles. The molecule has 48 valence electrons. The van der Waals surface area contributed by atoms with E-state index in [4.69, 9.17) is 0 Å². The second kappa shape index (κ2) is 2.98. The van der Waals surface area contributed by atoms with Gasteiger partial charge in [-0.2, -0.15) is 0 Å². The van der Waals surface area contributed by atoms with Crippen LogP contribution in [0.15, 0.2) is 0 Å². The van der Waals surface area contributed by atoms with Crippen LogP contribution in [0.3, 0.4) is 0 Å². The average molecular weight is 226 g/mol. The van der Waals surface area contributed by atoms with Crippen molar-refractivity contribution in [1.82, 2.24) is 8.43 Å². The molecular formula is C5H11IN2. The topological polar surface area (TPSA) is 15.3 Å². The first-order chi connectivity index (χ1) is 3.80. The van der Waals surface area contributed by atoms with Crippen LogP contribution in [0.4, 0.5) is 0 Å². The first kappa shape index (κ1) is 6.77. The van der Waals surface area contributed by atoms with Gasteiger partial charge in [0, 0.05) is 35.5 Å². The van der Waals surface area contributed by atoms with E-state index in [-0.39, 0.29) is 0 Å². The average Bonchev–Trinajstić information content (AvgIpc) is 2.12. The van der Waals surface area contributed by atoms with Crippen LogP contribution in [-0.2, 0) is 0 Å². The Morgan fingerprint density at radius 2 is 2.50 bits per heavy atom. The molecule has 2 nitrogen and oxygen atoms in total. The third-order valence-electron chi connectivity index (χ3n) is 1.54. The highest BCUT2D eigenvalue weighted by atomic mass is 127. The monoisotopic (exact) mass is 226 g/mol. The van der Waals surface area contributed by atoms with E-state index < -0.39 is 0 Å². The van der Waals surface area contributed by atoms with Gasteiger partial charge in [0.2, 0.25) is 0 Å². The first-order valence-corrected chi connectivity index (χ1v) is 3.86. The van der Waals surface area contributed by atoms with Gasteiger partial charge in [-0.1, -0.05) is 0 Å². The molecule has 1 rings (SSSR count). The molecule has 0 aromatic rings. The van der Waals surface area contributed by atoms with Crippen molar-refractivity contribution in [3.63, 3.8) is 0 Å². The summed E-state index contributed by atoms with van der Waals surface area (Å²) in [7, 11) is 2.12. The van der Waals surface area contributed by atoms with Gasteiger partial charge in [0.05, 0.1) is 0 Å². The molecule has 0 radical (unpaired) electrons. The molecular weight excluding hydrogens is 215 g/mol. The van der Waals surface area contributed by atoms with Crippen molar-refractivity contribution < 1.29 is 0 Å². The lowest BCUT2D eigenvalue weighted by Crippen LogP contribution is -2.24. The Bertz CT molecular complexity index is 68.8. The minimum atomic E-state index is 0.774. The van der Waals surface area contributed by atoms with Crippen LogP contribution in [0.25, 0.3) is 0 Å². The Hall–Kier alpha value is 0.650. The first-order valence-electron chi connectivity index (χ1n) is 2.90. The summed E-state index contributed by atoms with van der Waals surface area (Å²) in [5.74, 6) is 0. The summed E-state index contributed by atoms with van der Waals surface area (Å²) >= 11 is 2.34. The molecule has 1 atom stereocenters. The molecule has 3 heteroatoms. The third-order valence-corrected chi connectivity index (χ3v) is 2.33. The fraction of sp³-hybridized carbons (Fsp3) is 1.00. The van der Waals surface area contributed by atoms with Crippen molar-refractivity contribution in [2.24, 2.45) is 0 Å². The van der Waals surface area contributed by atoms with Gasteiger partial charge in [0.15, 0.2) is 0 Å². The maximum atomic E-state index is 3.31. The number of rotatable bonds is 1. The predicted molar refractivity (Wildman–Crippen MR) is 43.1 cm³/mol. The van der Waals surface area contributed by atoms with Gasteiger partial charge in [-0.15, -0.1) is 0 Å². The van der Waals surface area contributed by atoms with Crippen LogP contribution < -0.4 is 5.32 Å². The zero-order valence-corrected chi connectivity index (χ0v) is 7.18. The van der Waals surface area contributed by atoms with Crippen molar-refractivity contribution in [1.29, 1.82) is 0 Å². The van der Waals surface area contributed by atoms with Crippen molar-refractivity contribution in [3.05, 3.63) is 0 Å². The normalized spacial score (nSPS) is 29.6. The molecule has 0 aromatic carbocycles. The van der Waals surface area contributed by atoms with Gasteiger partial charge < -0.3 is 5.32 Å². The Labute approximate surface area is 64.1 Å². The maximum Gasteiger partial charge on any atom is 0.0327 e. The highest BCUT2D eigenvalue weighted by molar-refractivity contribution is 14.1. The Kier molecular flexibility index (Phi) is 2.52. The number of hydrogen-bond donors (Lipinski definition) is 1. The van der Waals surface area contributed by atoms with Crippen LogP contribution in [0.5, 0.6) is 0 Å². The number of likely N-dealkylation sites (N-methyl/N-ethyl adjacent to an activating group) is 1. The van der Waals surface area contributed by atoms with Gasteiger partial charge in [-0.3, -0.25) is 0 Å². The Morgan fingerprint density at radius 3 is 2.75 bits per heavy atom. The molecule has 8 heavy (non-hydrogen) atoms. The van der Waals surface area contributed by atoms with Crippen molar-refractivity contribution in [2.45, 2.75) is 12.5 Å². The summed E-state index contributed by atoms with van der Waals surface area (Å²) in [6.07, 6.45) is 1.30. The van der Waals surface area contributed by atoms with Crippen molar-refractivity contribution in [2.75, 3.05) is 20.1 Å². The SMILES string of the molecule is CN(I)C1CCNC1. The van der Waals surface area contributed by atoms with Crippen LogP contribution in [0, 0.1) is 0 Å². The summed E-state index contributed by atoms with van der Waals surface area (Å²) in [6.45, 7) is 2.36. The molecule has 0 aromatic heterocycles. The fourth-order valence-electron chi connectivity index (χ4n) is 0.943. The fourth-order valence-corrected chi connectivity index (χ4v) is 1.42. The van der Waals surface area contributed by atoms with E-state index in [1.165, 1.54) is 19.5 Å². The molecule has 1 aliphatic rings. The zero-order chi connectivity index (χ0) is 5.98. The molecule has 1 fully saturated rings. The van der Waals surface area contributed by atoms with Gasteiger partial charge >= 0.3 is 0 Å². The largest absolute Gasteiger partial charge is 0.315 e. The highest BCUT2D eigenvalue weighted by Gasteiger charge is 2.16. The second-order valence-electron chi connectivity index (χ2n) is 2.17. The third kappa shape index (κ3) is 1.56. The Balaban J connectivity index is 2.24. The lowest BCUT2D eigenvalue weighted by molar-refractivity contribution is 0.468. The van der Waals surface area contributed by atoms with E-state index in [1.54, 1.807) is 0 Å². The molecule has 1 aliphatic heterocycles. The summed E-state index contributed by atoms with van der Waals surface area (Å²) in [5, 5.41) is 3.31. The summed E-state index contributed by atoms with van der Waals surface area (Å²) in [6, 6.07) is 0.774. The number of nitrogens with one attached hydrogen (secondary N) is 1. The molecule has 1 unspecified atom stereocenters. The van der Waals surface area contributed by atoms with E-state index in [9.17, 15) is 0 Å². The second-order valence-corrected chi connectivity index (χ2v) is 3.69. The van der Waals surface area contributed by atoms with Gasteiger partial charge in [0.25, 0.3) is 0 Å². The van der Waals surface area contributed by atoms with Gasteiger partial charge in [0.1, 0.15) is 0 Å². The maximum absolute atomic E-state index is 3.31. The van der Waals surface area contributed by atoms with E-state index in [2.05, 4.69) is 38.3 Å². The number of halogens is 1. The van der Waals surface area contributed by atoms with Crippen molar-refractivity contribution >= 4 is 22.9 Å². The highest BCUT2D eigenvalue weighted by Crippen LogP contribution is 2.09. The van der Waals surface area contributed by atoms with Crippen LogP contribution in [0.1, 0.15) is 6.42 Å². The molecule has 1 N–H and O–H groups in total. The summed E-state index contributed by atoms with van der Waals surface area (Å²) < 4.78 is 2.25. The molecule has 1 saturated heterocycles. The van der Waals surface area contributed by atoms with Gasteiger partial charge in [-0.25, -0.2) is 3.11 Å². The molecule has 0 saturated carbocycles. The minimum Gasteiger partial charge on any atom is -0.315 e. The van der Waals surface area contributed by atoms with Crippen LogP contribution in [0.2, 0.25) is 0 Å². The van der Waals surface area contributed by atoms with E-state index in [0.29, 0.717) is 0 Å². The van der Waals surface area contributed by atoms with Crippen LogP contribution in [-0.4, -0.2) is 29.3 Å². The minimum absolute atomic E-state index is 0.774. The molecule has 0 bridgehead atoms. The van der Waals surface area contributed by atoms with Gasteiger partial charge in [-0.05, 0) is 20.0 Å². The predicted octanol–water partition coefficient (Wildman–Crippen LogP) is 0.630. The number of hydrogen-bond acceptors (Lipinski definition) is 2. The molecule has 0 aliphatic carbocycles. The van der Waals surface area contributed by atoms with Crippen molar-refractivity contribution in [3.8, 4) is 0 Å².